The van der Waals surface area contributed by atoms with Crippen molar-refractivity contribution in [2.45, 2.75) is 18.8 Å². The minimum absolute atomic E-state index is 0.223. The molecule has 0 radical (unpaired) electrons. The number of carbonyl (C=O) groups is 1. The first-order valence-electron chi connectivity index (χ1n) is 9.73. The van der Waals surface area contributed by atoms with Crippen LogP contribution in [0.2, 0.25) is 0 Å². The average Bonchev–Trinajstić information content (AvgIpc) is 3.21. The van der Waals surface area contributed by atoms with Gasteiger partial charge in [-0.25, -0.2) is 0 Å². The van der Waals surface area contributed by atoms with Gasteiger partial charge in [-0.05, 0) is 65.4 Å². The Kier molecular flexibility index (Phi) is 5.66. The largest absolute Gasteiger partial charge is 0.573 e. The van der Waals surface area contributed by atoms with Gasteiger partial charge in [-0.15, -0.1) is 24.5 Å². The highest BCUT2D eigenvalue weighted by atomic mass is 32.1. The van der Waals surface area contributed by atoms with E-state index in [1.807, 2.05) is 48.6 Å². The highest BCUT2D eigenvalue weighted by molar-refractivity contribution is 7.10. The average molecular weight is 446 g/mol. The second-order valence-corrected chi connectivity index (χ2v) is 8.47. The second-order valence-electron chi connectivity index (χ2n) is 7.52. The van der Waals surface area contributed by atoms with E-state index in [0.29, 0.717) is 12.1 Å². The minimum atomic E-state index is -4.77. The molecule has 4 nitrogen and oxygen atoms in total. The molecule has 2 aromatic carbocycles. The lowest BCUT2D eigenvalue weighted by molar-refractivity contribution is -0.274. The van der Waals surface area contributed by atoms with E-state index in [1.165, 1.54) is 29.8 Å². The molecule has 1 amide bonds. The number of nitrogens with zero attached hydrogens (tertiary/aromatic N) is 2. The second kappa shape index (κ2) is 8.26. The lowest BCUT2D eigenvalue weighted by atomic mass is 9.94. The molecule has 1 unspecified atom stereocenters. The van der Waals surface area contributed by atoms with Gasteiger partial charge in [0.2, 0.25) is 0 Å². The Morgan fingerprint density at radius 2 is 1.74 bits per heavy atom. The van der Waals surface area contributed by atoms with Gasteiger partial charge < -0.3 is 14.5 Å². The number of fused-ring (bicyclic) bond motifs is 1. The third kappa shape index (κ3) is 4.54. The predicted octanol–water partition coefficient (Wildman–Crippen LogP) is 5.50. The molecule has 1 aromatic heterocycles. The molecular formula is C23H21F3N2O2S. The lowest BCUT2D eigenvalue weighted by Gasteiger charge is -2.36. The summed E-state index contributed by atoms with van der Waals surface area (Å²) in [7, 11) is 3.93. The lowest BCUT2D eigenvalue weighted by Crippen LogP contribution is -2.40. The van der Waals surface area contributed by atoms with Crippen molar-refractivity contribution in [2.75, 3.05) is 25.5 Å². The van der Waals surface area contributed by atoms with E-state index in [4.69, 9.17) is 0 Å². The summed E-state index contributed by atoms with van der Waals surface area (Å²) in [5, 5.41) is 2.03. The number of carbonyl (C=O) groups excluding carboxylic acids is 1. The molecule has 3 aromatic rings. The van der Waals surface area contributed by atoms with E-state index < -0.39 is 6.36 Å². The maximum Gasteiger partial charge on any atom is 0.573 e. The number of halogens is 3. The molecule has 2 heterocycles. The standard InChI is InChI=1S/C23H21F3N2O2S/c1-27(2)18-7-3-15(4-8-18)20-21-16(12-14-31-21)11-13-28(20)22(29)17-5-9-19(10-6-17)30-23(24,25)26/h3-10,12,14,20H,11,13H2,1-2H3. The van der Waals surface area contributed by atoms with E-state index >= 15 is 0 Å². The Morgan fingerprint density at radius 3 is 2.35 bits per heavy atom. The first-order valence-corrected chi connectivity index (χ1v) is 10.6. The fraction of sp³-hybridized carbons (Fsp3) is 0.261. The summed E-state index contributed by atoms with van der Waals surface area (Å²) in [6, 6.07) is 15.0. The van der Waals surface area contributed by atoms with Crippen LogP contribution in [0, 0.1) is 0 Å². The van der Waals surface area contributed by atoms with Crippen LogP contribution in [-0.4, -0.2) is 37.8 Å². The number of rotatable bonds is 4. The zero-order valence-electron chi connectivity index (χ0n) is 17.0. The van der Waals surface area contributed by atoms with Crippen molar-refractivity contribution in [3.63, 3.8) is 0 Å². The number of hydrogen-bond donors (Lipinski definition) is 0. The summed E-state index contributed by atoms with van der Waals surface area (Å²) in [6.45, 7) is 0.531. The van der Waals surface area contributed by atoms with Gasteiger partial charge in [0, 0.05) is 36.8 Å². The molecule has 8 heteroatoms. The van der Waals surface area contributed by atoms with Crippen molar-refractivity contribution in [2.24, 2.45) is 0 Å². The molecule has 0 bridgehead atoms. The van der Waals surface area contributed by atoms with E-state index in [1.54, 1.807) is 16.2 Å². The van der Waals surface area contributed by atoms with Crippen molar-refractivity contribution >= 4 is 22.9 Å². The van der Waals surface area contributed by atoms with Crippen molar-refractivity contribution in [1.29, 1.82) is 0 Å². The number of benzene rings is 2. The summed E-state index contributed by atoms with van der Waals surface area (Å²) in [4.78, 5) is 18.3. The van der Waals surface area contributed by atoms with Crippen LogP contribution < -0.4 is 9.64 Å². The van der Waals surface area contributed by atoms with E-state index in [0.717, 1.165) is 22.5 Å². The Bertz CT molecular complexity index is 1060. The molecule has 1 aliphatic heterocycles. The van der Waals surface area contributed by atoms with Gasteiger partial charge >= 0.3 is 6.36 Å². The smallest absolute Gasteiger partial charge is 0.406 e. The van der Waals surface area contributed by atoms with Crippen LogP contribution >= 0.6 is 11.3 Å². The van der Waals surface area contributed by atoms with E-state index in [-0.39, 0.29) is 17.7 Å². The van der Waals surface area contributed by atoms with Gasteiger partial charge in [0.05, 0.1) is 6.04 Å². The molecule has 0 spiro atoms. The first-order chi connectivity index (χ1) is 14.7. The molecule has 162 valence electrons. The number of amides is 1. The highest BCUT2D eigenvalue weighted by Gasteiger charge is 2.34. The molecule has 0 fully saturated rings. The third-order valence-corrected chi connectivity index (χ3v) is 6.30. The predicted molar refractivity (Wildman–Crippen MR) is 115 cm³/mol. The third-order valence-electron chi connectivity index (χ3n) is 5.28. The number of anilines is 1. The molecule has 0 saturated heterocycles. The maximum absolute atomic E-state index is 13.3. The summed E-state index contributed by atoms with van der Waals surface area (Å²) >= 11 is 1.61. The zero-order chi connectivity index (χ0) is 22.2. The Labute approximate surface area is 182 Å². The molecule has 1 aliphatic rings. The van der Waals surface area contributed by atoms with Gasteiger partial charge in [-0.3, -0.25) is 4.79 Å². The van der Waals surface area contributed by atoms with Crippen LogP contribution in [0.5, 0.6) is 5.75 Å². The van der Waals surface area contributed by atoms with Gasteiger partial charge in [0.1, 0.15) is 5.75 Å². The monoisotopic (exact) mass is 446 g/mol. The topological polar surface area (TPSA) is 32.8 Å². The molecule has 0 saturated carbocycles. The van der Waals surface area contributed by atoms with Crippen molar-refractivity contribution in [3.05, 3.63) is 81.5 Å². The molecule has 0 N–H and O–H groups in total. The van der Waals surface area contributed by atoms with E-state index in [2.05, 4.69) is 10.8 Å². The maximum atomic E-state index is 13.3. The minimum Gasteiger partial charge on any atom is -0.406 e. The zero-order valence-corrected chi connectivity index (χ0v) is 17.8. The fourth-order valence-electron chi connectivity index (χ4n) is 3.78. The van der Waals surface area contributed by atoms with Crippen LogP contribution in [0.25, 0.3) is 0 Å². The van der Waals surface area contributed by atoms with Gasteiger partial charge in [0.25, 0.3) is 5.91 Å². The van der Waals surface area contributed by atoms with Gasteiger partial charge in [-0.2, -0.15) is 0 Å². The summed E-state index contributed by atoms with van der Waals surface area (Å²) in [5.74, 6) is -0.571. The molecule has 1 atom stereocenters. The first kappa shape index (κ1) is 21.2. The van der Waals surface area contributed by atoms with Crippen LogP contribution in [-0.2, 0) is 6.42 Å². The van der Waals surface area contributed by atoms with Gasteiger partial charge in [0.15, 0.2) is 0 Å². The number of alkyl halides is 3. The van der Waals surface area contributed by atoms with Crippen LogP contribution in [0.15, 0.2) is 60.0 Å². The Morgan fingerprint density at radius 1 is 1.06 bits per heavy atom. The molecule has 0 aliphatic carbocycles. The molecular weight excluding hydrogens is 425 g/mol. The number of hydrogen-bond acceptors (Lipinski definition) is 4. The molecule has 31 heavy (non-hydrogen) atoms. The SMILES string of the molecule is CN(C)c1ccc(C2c3sccc3CCN2C(=O)c2ccc(OC(F)(F)F)cc2)cc1. The van der Waals surface area contributed by atoms with Crippen LogP contribution in [0.4, 0.5) is 18.9 Å². The van der Waals surface area contributed by atoms with Crippen molar-refractivity contribution < 1.29 is 22.7 Å². The Balaban J connectivity index is 1.65. The Hall–Kier alpha value is -3.00. The fourth-order valence-corrected chi connectivity index (χ4v) is 4.87. The normalized spacial score (nSPS) is 16.0. The van der Waals surface area contributed by atoms with Crippen LogP contribution in [0.1, 0.15) is 32.4 Å². The summed E-state index contributed by atoms with van der Waals surface area (Å²) in [6.07, 6.45) is -4.02. The van der Waals surface area contributed by atoms with Crippen molar-refractivity contribution in [3.8, 4) is 5.75 Å². The number of ether oxygens (including phenoxy) is 1. The van der Waals surface area contributed by atoms with Crippen LogP contribution in [0.3, 0.4) is 0 Å². The summed E-state index contributed by atoms with van der Waals surface area (Å²) < 4.78 is 41.2. The highest BCUT2D eigenvalue weighted by Crippen LogP contribution is 2.39. The van der Waals surface area contributed by atoms with E-state index in [9.17, 15) is 18.0 Å². The van der Waals surface area contributed by atoms with Crippen molar-refractivity contribution in [1.82, 2.24) is 4.90 Å². The quantitative estimate of drug-likeness (QED) is 0.531. The van der Waals surface area contributed by atoms with Gasteiger partial charge in [-0.1, -0.05) is 12.1 Å². The number of thiophene rings is 1. The summed E-state index contributed by atoms with van der Waals surface area (Å²) in [5.41, 5.74) is 3.61. The molecule has 4 rings (SSSR count).